The Labute approximate surface area is 187 Å². The van der Waals surface area contributed by atoms with Gasteiger partial charge in [-0.1, -0.05) is 30.3 Å². The van der Waals surface area contributed by atoms with Crippen LogP contribution in [-0.4, -0.2) is 41.9 Å². The van der Waals surface area contributed by atoms with Gasteiger partial charge in [0.2, 0.25) is 0 Å². The first-order chi connectivity index (χ1) is 15.6. The normalized spacial score (nSPS) is 14.3. The number of carbonyl (C=O) groups excluding carboxylic acids is 1. The average Bonchev–Trinajstić information content (AvgIpc) is 3.43. The highest BCUT2D eigenvalue weighted by Crippen LogP contribution is 2.40. The highest BCUT2D eigenvalue weighted by molar-refractivity contribution is 6.35. The van der Waals surface area contributed by atoms with Crippen LogP contribution in [0.4, 0.5) is 0 Å². The molecule has 0 unspecified atom stereocenters. The van der Waals surface area contributed by atoms with Crippen LogP contribution in [0.15, 0.2) is 77.1 Å². The van der Waals surface area contributed by atoms with Gasteiger partial charge in [0.15, 0.2) is 7.05 Å². The quantitative estimate of drug-likeness (QED) is 0.187. The van der Waals surface area contributed by atoms with Crippen LogP contribution in [0, 0.1) is 0 Å². The van der Waals surface area contributed by atoms with Crippen molar-refractivity contribution in [2.45, 2.75) is 19.8 Å². The summed E-state index contributed by atoms with van der Waals surface area (Å²) < 4.78 is 17.5. The van der Waals surface area contributed by atoms with E-state index in [4.69, 9.17) is 13.9 Å². The molecule has 164 valence electrons. The molecule has 0 atom stereocenters. The third-order valence-corrected chi connectivity index (χ3v) is 5.34. The molecule has 2 aromatic carbocycles. The molecule has 1 N–H and O–H groups in total. The zero-order chi connectivity index (χ0) is 22.5. The Kier molecular flexibility index (Phi) is 6.40. The van der Waals surface area contributed by atoms with Crippen molar-refractivity contribution in [2.24, 2.45) is 0 Å². The molecular formula is C26H26NO5+. The van der Waals surface area contributed by atoms with Gasteiger partial charge in [0.05, 0.1) is 31.3 Å². The lowest BCUT2D eigenvalue weighted by Crippen LogP contribution is -2.22. The molecule has 32 heavy (non-hydrogen) atoms. The Balaban J connectivity index is 1.62. The lowest BCUT2D eigenvalue weighted by Gasteiger charge is -2.09. The number of carbonyl (C=O) groups is 1. The molecule has 1 aliphatic rings. The summed E-state index contributed by atoms with van der Waals surface area (Å²) in [7, 11) is 1.49. The number of furan rings is 1. The van der Waals surface area contributed by atoms with Crippen molar-refractivity contribution in [3.8, 4) is 5.75 Å². The van der Waals surface area contributed by atoms with Gasteiger partial charge in [-0.05, 0) is 59.9 Å². The number of esters is 1. The third kappa shape index (κ3) is 4.30. The van der Waals surface area contributed by atoms with Crippen LogP contribution in [0.3, 0.4) is 0 Å². The predicted octanol–water partition coefficient (Wildman–Crippen LogP) is 4.49. The predicted molar refractivity (Wildman–Crippen MR) is 120 cm³/mol. The first-order valence-electron chi connectivity index (χ1n) is 10.7. The fraction of sp³-hybridized carbons (Fsp3) is 0.231. The fourth-order valence-corrected chi connectivity index (χ4v) is 3.97. The molecule has 1 aromatic heterocycles. The van der Waals surface area contributed by atoms with Crippen molar-refractivity contribution in [1.82, 2.24) is 0 Å². The second-order valence-corrected chi connectivity index (χ2v) is 7.50. The maximum Gasteiger partial charge on any atom is 0.345 e. The number of ether oxygens (including phenoxy) is 2. The maximum atomic E-state index is 12.9. The van der Waals surface area contributed by atoms with E-state index in [1.165, 1.54) is 12.6 Å². The summed E-state index contributed by atoms with van der Waals surface area (Å²) in [4.78, 5) is 12.9. The van der Waals surface area contributed by atoms with E-state index in [1.807, 2.05) is 36.4 Å². The average molecular weight is 432 g/mol. The highest BCUT2D eigenvalue weighted by atomic mass is 16.5. The summed E-state index contributed by atoms with van der Waals surface area (Å²) in [6.45, 7) is 2.54. The SMILES string of the molecule is CCOC(=O)C1=C(c2ccoc2)c2ccc(OCCCc3ccccc3)cc2/C1=[N+](/C)O. The van der Waals surface area contributed by atoms with Gasteiger partial charge in [-0.2, -0.15) is 0 Å². The summed E-state index contributed by atoms with van der Waals surface area (Å²) in [5.74, 6) is 0.175. The highest BCUT2D eigenvalue weighted by Gasteiger charge is 2.40. The van der Waals surface area contributed by atoms with Crippen LogP contribution in [-0.2, 0) is 16.0 Å². The van der Waals surface area contributed by atoms with Crippen molar-refractivity contribution in [3.05, 3.63) is 95.0 Å². The largest absolute Gasteiger partial charge is 0.494 e. The Morgan fingerprint density at radius 1 is 1.09 bits per heavy atom. The first-order valence-corrected chi connectivity index (χ1v) is 10.7. The minimum atomic E-state index is -0.499. The second-order valence-electron chi connectivity index (χ2n) is 7.50. The molecule has 1 heterocycles. The van der Waals surface area contributed by atoms with E-state index < -0.39 is 5.97 Å². The van der Waals surface area contributed by atoms with Crippen molar-refractivity contribution in [1.29, 1.82) is 0 Å². The van der Waals surface area contributed by atoms with E-state index in [0.29, 0.717) is 34.8 Å². The van der Waals surface area contributed by atoms with E-state index >= 15 is 0 Å². The Morgan fingerprint density at radius 3 is 2.59 bits per heavy atom. The van der Waals surface area contributed by atoms with Crippen molar-refractivity contribution >= 4 is 17.3 Å². The van der Waals surface area contributed by atoms with Crippen LogP contribution in [0.25, 0.3) is 5.57 Å². The molecule has 0 saturated carbocycles. The lowest BCUT2D eigenvalue weighted by molar-refractivity contribution is -0.753. The summed E-state index contributed by atoms with van der Waals surface area (Å²) in [5, 5.41) is 10.4. The molecule has 0 amide bonds. The smallest absolute Gasteiger partial charge is 0.345 e. The molecular weight excluding hydrogens is 406 g/mol. The van der Waals surface area contributed by atoms with Crippen LogP contribution in [0.5, 0.6) is 5.75 Å². The molecule has 0 bridgehead atoms. The zero-order valence-corrected chi connectivity index (χ0v) is 18.2. The summed E-state index contributed by atoms with van der Waals surface area (Å²) in [6, 6.07) is 17.7. The van der Waals surface area contributed by atoms with Gasteiger partial charge in [0, 0.05) is 11.1 Å². The van der Waals surface area contributed by atoms with Crippen LogP contribution in [0.2, 0.25) is 0 Å². The molecule has 0 aliphatic heterocycles. The minimum Gasteiger partial charge on any atom is -0.494 e. The molecule has 3 aromatic rings. The molecule has 4 rings (SSSR count). The monoisotopic (exact) mass is 432 g/mol. The maximum absolute atomic E-state index is 12.9. The van der Waals surface area contributed by atoms with Crippen LogP contribution >= 0.6 is 0 Å². The Bertz CT molecular complexity index is 1160. The van der Waals surface area contributed by atoms with Crippen LogP contribution < -0.4 is 4.74 Å². The van der Waals surface area contributed by atoms with E-state index in [0.717, 1.165) is 28.7 Å². The number of nitrogens with zero attached hydrogens (tertiary/aromatic N) is 1. The van der Waals surface area contributed by atoms with Gasteiger partial charge >= 0.3 is 5.97 Å². The van der Waals surface area contributed by atoms with Crippen LogP contribution in [0.1, 0.15) is 35.6 Å². The molecule has 0 spiro atoms. The molecule has 0 fully saturated rings. The van der Waals surface area contributed by atoms with E-state index in [9.17, 15) is 10.0 Å². The first kappa shape index (κ1) is 21.4. The second kappa shape index (κ2) is 9.56. The van der Waals surface area contributed by atoms with E-state index in [-0.39, 0.29) is 6.61 Å². The van der Waals surface area contributed by atoms with Gasteiger partial charge in [-0.15, -0.1) is 0 Å². The summed E-state index contributed by atoms with van der Waals surface area (Å²) >= 11 is 0. The summed E-state index contributed by atoms with van der Waals surface area (Å²) in [5.41, 5.74) is 4.87. The Hall–Kier alpha value is -3.80. The zero-order valence-electron chi connectivity index (χ0n) is 18.2. The fourth-order valence-electron chi connectivity index (χ4n) is 3.97. The molecule has 6 heteroatoms. The number of hydrogen-bond donors (Lipinski definition) is 1. The van der Waals surface area contributed by atoms with Crippen molar-refractivity contribution in [2.75, 3.05) is 20.3 Å². The number of rotatable bonds is 8. The third-order valence-electron chi connectivity index (χ3n) is 5.34. The number of benzene rings is 2. The van der Waals surface area contributed by atoms with Gasteiger partial charge < -0.3 is 13.9 Å². The van der Waals surface area contributed by atoms with Crippen molar-refractivity contribution < 1.29 is 28.6 Å². The standard InChI is InChI=1S/C26H26NO5/c1-3-31-26(28)24-23(19-13-15-30-17-19)21-12-11-20(16-22(21)25(24)27(2)29)32-14-7-10-18-8-5-4-6-9-18/h4-6,8-9,11-13,15-17,29H,3,7,10,14H2,1-2H3/q+1/b27-25+. The molecule has 0 radical (unpaired) electrons. The van der Waals surface area contributed by atoms with Crippen molar-refractivity contribution in [3.63, 3.8) is 0 Å². The number of hydroxylamine groups is 1. The van der Waals surface area contributed by atoms with Gasteiger partial charge in [0.25, 0.3) is 5.71 Å². The molecule has 0 saturated heterocycles. The molecule has 6 nitrogen and oxygen atoms in total. The van der Waals surface area contributed by atoms with Gasteiger partial charge in [-0.3, -0.25) is 5.21 Å². The van der Waals surface area contributed by atoms with E-state index in [2.05, 4.69) is 12.1 Å². The van der Waals surface area contributed by atoms with Gasteiger partial charge in [-0.25, -0.2) is 4.79 Å². The van der Waals surface area contributed by atoms with Gasteiger partial charge in [0.1, 0.15) is 11.3 Å². The number of hydrogen-bond acceptors (Lipinski definition) is 5. The molecule has 1 aliphatic carbocycles. The summed E-state index contributed by atoms with van der Waals surface area (Å²) in [6.07, 6.45) is 4.94. The topological polar surface area (TPSA) is 71.9 Å². The minimum absolute atomic E-state index is 0.232. The van der Waals surface area contributed by atoms with E-state index in [1.54, 1.807) is 25.5 Å². The number of fused-ring (bicyclic) bond motifs is 1. The lowest BCUT2D eigenvalue weighted by atomic mass is 10.00. The number of aryl methyl sites for hydroxylation is 1. The Morgan fingerprint density at radius 2 is 1.91 bits per heavy atom.